The molecule has 0 unspecified atom stereocenters. The molecule has 2 aliphatic rings. The number of para-hydroxylation sites is 8. The molecule has 88 heavy (non-hydrogen) atoms. The maximum absolute atomic E-state index is 13.9. The fourth-order valence-corrected chi connectivity index (χ4v) is 17.8. The zero-order valence-electron chi connectivity index (χ0n) is 48.4. The number of sulfone groups is 1. The van der Waals surface area contributed by atoms with E-state index in [1.54, 1.807) is 6.07 Å². The Kier molecular flexibility index (Phi) is 13.6. The SMILES string of the molecule is C[Si]1(C)c2ccc(N(c3ccccc3)c3ccccc3)cc2-c2oc3cc(N(c4ccccc4)c4ccccc4)ccc3c21.O=S1(=O)c2ccc(N(c3ccccc3)c3ccccc3)cc2-c2oc3cc(N(c4ccccc4)c4ccccc4)ccc3c21. The number of rotatable bonds is 12. The van der Waals surface area contributed by atoms with E-state index in [4.69, 9.17) is 8.83 Å². The van der Waals surface area contributed by atoms with E-state index in [9.17, 15) is 8.42 Å². The number of furan rings is 2. The minimum atomic E-state index is -3.78. The first kappa shape index (κ1) is 53.8. The maximum atomic E-state index is 13.9. The molecule has 8 nitrogen and oxygen atoms in total. The predicted octanol–water partition coefficient (Wildman–Crippen LogP) is 20.4. The van der Waals surface area contributed by atoms with Gasteiger partial charge in [0.05, 0.1) is 4.90 Å². The van der Waals surface area contributed by atoms with Gasteiger partial charge in [0.1, 0.15) is 29.9 Å². The van der Waals surface area contributed by atoms with Crippen LogP contribution in [0.2, 0.25) is 13.1 Å². The van der Waals surface area contributed by atoms with Crippen molar-refractivity contribution >= 4 is 118 Å². The smallest absolute Gasteiger partial charge is 0.211 e. The summed E-state index contributed by atoms with van der Waals surface area (Å²) in [4.78, 5) is 9.35. The van der Waals surface area contributed by atoms with Crippen molar-refractivity contribution in [1.82, 2.24) is 0 Å². The molecule has 14 aromatic rings. The zero-order valence-corrected chi connectivity index (χ0v) is 50.2. The van der Waals surface area contributed by atoms with Gasteiger partial charge in [-0.1, -0.05) is 165 Å². The van der Waals surface area contributed by atoms with Crippen molar-refractivity contribution < 1.29 is 17.3 Å². The number of hydrogen-bond donors (Lipinski definition) is 0. The van der Waals surface area contributed by atoms with Crippen molar-refractivity contribution in [3.05, 3.63) is 315 Å². The number of anilines is 12. The minimum Gasteiger partial charge on any atom is -0.456 e. The van der Waals surface area contributed by atoms with Gasteiger partial charge >= 0.3 is 0 Å². The van der Waals surface area contributed by atoms with Gasteiger partial charge in [0.15, 0.2) is 5.76 Å². The summed E-state index contributed by atoms with van der Waals surface area (Å²) in [6, 6.07) is 107. The van der Waals surface area contributed by atoms with Crippen LogP contribution in [0.4, 0.5) is 68.2 Å². The topological polar surface area (TPSA) is 73.4 Å². The van der Waals surface area contributed by atoms with Gasteiger partial charge < -0.3 is 28.4 Å². The molecule has 0 saturated heterocycles. The van der Waals surface area contributed by atoms with Crippen molar-refractivity contribution in [2.75, 3.05) is 19.6 Å². The lowest BCUT2D eigenvalue weighted by Crippen LogP contribution is -2.49. The highest BCUT2D eigenvalue weighted by atomic mass is 32.2. The lowest BCUT2D eigenvalue weighted by Gasteiger charge is -2.27. The first-order valence-electron chi connectivity index (χ1n) is 29.5. The van der Waals surface area contributed by atoms with E-state index in [1.165, 1.54) is 21.3 Å². The molecule has 0 spiro atoms. The highest BCUT2D eigenvalue weighted by Gasteiger charge is 2.43. The Morgan fingerprint density at radius 1 is 0.295 bits per heavy atom. The summed E-state index contributed by atoms with van der Waals surface area (Å²) >= 11 is 0. The first-order valence-corrected chi connectivity index (χ1v) is 34.0. The molecule has 16 rings (SSSR count). The van der Waals surface area contributed by atoms with Gasteiger partial charge in [-0.3, -0.25) is 0 Å². The van der Waals surface area contributed by atoms with Crippen LogP contribution in [0.3, 0.4) is 0 Å². The Balaban J connectivity index is 0.000000148. The van der Waals surface area contributed by atoms with E-state index in [2.05, 4.69) is 190 Å². The fraction of sp³-hybridized carbons (Fsp3) is 0.0256. The average Bonchev–Trinajstić information content (AvgIpc) is 1.59. The predicted molar refractivity (Wildman–Crippen MR) is 364 cm³/mol. The average molecular weight is 1180 g/mol. The van der Waals surface area contributed by atoms with Crippen LogP contribution in [0.25, 0.3) is 44.6 Å². The van der Waals surface area contributed by atoms with Crippen molar-refractivity contribution in [1.29, 1.82) is 0 Å². The molecule has 0 fully saturated rings. The van der Waals surface area contributed by atoms with Crippen LogP contribution in [0.15, 0.2) is 334 Å². The summed E-state index contributed by atoms with van der Waals surface area (Å²) in [7, 11) is -5.79. The van der Waals surface area contributed by atoms with Crippen LogP contribution in [-0.4, -0.2) is 16.5 Å². The molecule has 4 heterocycles. The molecule has 0 atom stereocenters. The molecule has 0 N–H and O–H groups in total. The van der Waals surface area contributed by atoms with Gasteiger partial charge in [0.2, 0.25) is 9.84 Å². The molecule has 0 saturated carbocycles. The molecule has 10 heteroatoms. The van der Waals surface area contributed by atoms with Crippen LogP contribution in [0, 0.1) is 0 Å². The van der Waals surface area contributed by atoms with Crippen LogP contribution in [0.5, 0.6) is 0 Å². The lowest BCUT2D eigenvalue weighted by atomic mass is 10.1. The second-order valence-corrected chi connectivity index (χ2v) is 28.6. The molecule has 424 valence electrons. The van der Waals surface area contributed by atoms with E-state index in [1.807, 2.05) is 152 Å². The number of fused-ring (bicyclic) bond motifs is 10. The molecule has 0 radical (unpaired) electrons. The van der Waals surface area contributed by atoms with Crippen LogP contribution < -0.4 is 30.0 Å². The van der Waals surface area contributed by atoms with Gasteiger partial charge in [-0.25, -0.2) is 8.42 Å². The highest BCUT2D eigenvalue weighted by Crippen LogP contribution is 2.52. The van der Waals surface area contributed by atoms with Crippen LogP contribution >= 0.6 is 0 Å². The van der Waals surface area contributed by atoms with Gasteiger partial charge in [-0.05, 0) is 162 Å². The second kappa shape index (κ2) is 22.2. The van der Waals surface area contributed by atoms with Gasteiger partial charge in [0, 0.05) is 102 Å². The third kappa shape index (κ3) is 9.43. The lowest BCUT2D eigenvalue weighted by molar-refractivity contribution is 0.597. The summed E-state index contributed by atoms with van der Waals surface area (Å²) in [5.74, 6) is 1.40. The van der Waals surface area contributed by atoms with Crippen molar-refractivity contribution in [3.8, 4) is 22.6 Å². The summed E-state index contributed by atoms with van der Waals surface area (Å²) in [6.07, 6.45) is 0. The van der Waals surface area contributed by atoms with Crippen LogP contribution in [-0.2, 0) is 9.84 Å². The Bertz CT molecular complexity index is 4800. The zero-order chi connectivity index (χ0) is 59.3. The summed E-state index contributed by atoms with van der Waals surface area (Å²) < 4.78 is 41.2. The molecule has 12 aromatic carbocycles. The molecular formula is C78H58N4O4SSi. The van der Waals surface area contributed by atoms with Gasteiger partial charge in [-0.15, -0.1) is 0 Å². The first-order chi connectivity index (χ1) is 43.2. The highest BCUT2D eigenvalue weighted by molar-refractivity contribution is 7.92. The largest absolute Gasteiger partial charge is 0.456 e. The normalized spacial score (nSPS) is 12.9. The Hall–Kier alpha value is -10.9. The van der Waals surface area contributed by atoms with Gasteiger partial charge in [-0.2, -0.15) is 0 Å². The third-order valence-electron chi connectivity index (χ3n) is 16.8. The Labute approximate surface area is 513 Å². The van der Waals surface area contributed by atoms with Crippen LogP contribution in [0.1, 0.15) is 0 Å². The molecule has 0 aliphatic carbocycles. The number of benzene rings is 12. The van der Waals surface area contributed by atoms with E-state index in [-0.39, 0.29) is 9.79 Å². The number of hydrogen-bond acceptors (Lipinski definition) is 8. The number of nitrogens with zero attached hydrogens (tertiary/aromatic N) is 4. The molecule has 0 bridgehead atoms. The molecule has 0 amide bonds. The second-order valence-electron chi connectivity index (χ2n) is 22.5. The van der Waals surface area contributed by atoms with E-state index >= 15 is 0 Å². The summed E-state index contributed by atoms with van der Waals surface area (Å²) in [5, 5.41) is 4.62. The van der Waals surface area contributed by atoms with Crippen molar-refractivity contribution in [2.45, 2.75) is 22.9 Å². The standard InChI is InChI=1S/C40H32N2OSi.C38H26N2O3S/c1-44(2)38-26-24-33(41(29-15-7-3-8-16-29)30-17-9-4-10-18-30)27-36(38)39-40(44)35-25-23-34(28-37(35)43-39)42(31-19-11-5-12-20-31)32-21-13-6-14-22-32;41-44(42)36-24-22-31(39(27-13-5-1-6-14-27)28-15-7-2-8-16-28)25-34(36)37-38(44)33-23-21-32(26-35(33)43-37)40(29-17-9-3-10-18-29)30-19-11-4-12-20-30/h3-28H,1-2H3;1-26H. The van der Waals surface area contributed by atoms with Gasteiger partial charge in [0.25, 0.3) is 0 Å². The summed E-state index contributed by atoms with van der Waals surface area (Å²) in [5.41, 5.74) is 15.5. The Morgan fingerprint density at radius 3 is 0.966 bits per heavy atom. The summed E-state index contributed by atoms with van der Waals surface area (Å²) in [6.45, 7) is 4.90. The van der Waals surface area contributed by atoms with E-state index in [0.717, 1.165) is 79.6 Å². The maximum Gasteiger partial charge on any atom is 0.211 e. The Morgan fingerprint density at radius 2 is 0.591 bits per heavy atom. The third-order valence-corrected chi connectivity index (χ3v) is 22.2. The fourth-order valence-electron chi connectivity index (χ4n) is 12.8. The van der Waals surface area contributed by atoms with Crippen molar-refractivity contribution in [3.63, 3.8) is 0 Å². The quantitative estimate of drug-likeness (QED) is 0.112. The van der Waals surface area contributed by atoms with E-state index < -0.39 is 17.9 Å². The minimum absolute atomic E-state index is 0.225. The molecule has 2 aromatic heterocycles. The molecular weight excluding hydrogens is 1120 g/mol. The van der Waals surface area contributed by atoms with E-state index in [0.29, 0.717) is 22.3 Å². The van der Waals surface area contributed by atoms with Crippen molar-refractivity contribution in [2.24, 2.45) is 0 Å². The monoisotopic (exact) mass is 1170 g/mol. The molecule has 2 aliphatic heterocycles.